The summed E-state index contributed by atoms with van der Waals surface area (Å²) in [6.45, 7) is 3.33. The van der Waals surface area contributed by atoms with Crippen molar-refractivity contribution in [2.24, 2.45) is 0 Å². The van der Waals surface area contributed by atoms with E-state index in [-0.39, 0.29) is 5.72 Å². The Morgan fingerprint density at radius 2 is 2.10 bits per heavy atom. The van der Waals surface area contributed by atoms with Gasteiger partial charge >= 0.3 is 0 Å². The minimum atomic E-state index is 0.0122. The highest BCUT2D eigenvalue weighted by atomic mass is 16.5. The van der Waals surface area contributed by atoms with Gasteiger partial charge in [0.2, 0.25) is 0 Å². The topological polar surface area (TPSA) is 12.5 Å². The van der Waals surface area contributed by atoms with Crippen molar-refractivity contribution in [3.05, 3.63) is 0 Å². The van der Waals surface area contributed by atoms with Gasteiger partial charge in [-0.25, -0.2) is 0 Å². The Kier molecular flexibility index (Phi) is 2.32. The van der Waals surface area contributed by atoms with Crippen molar-refractivity contribution in [3.63, 3.8) is 0 Å². The number of ether oxygens (including phenoxy) is 1. The molecule has 1 heterocycles. The van der Waals surface area contributed by atoms with Crippen LogP contribution in [0.25, 0.3) is 0 Å². The largest absolute Gasteiger partial charge is 0.364 e. The Bertz CT molecular complexity index is 116. The molecule has 1 fully saturated rings. The molecule has 0 aliphatic carbocycles. The van der Waals surface area contributed by atoms with Crippen molar-refractivity contribution in [2.75, 3.05) is 20.7 Å². The summed E-state index contributed by atoms with van der Waals surface area (Å²) in [5, 5.41) is 0. The van der Waals surface area contributed by atoms with Crippen molar-refractivity contribution >= 4 is 0 Å². The lowest BCUT2D eigenvalue weighted by atomic mass is 10.0. The molecule has 60 valence electrons. The van der Waals surface area contributed by atoms with Crippen molar-refractivity contribution in [3.8, 4) is 0 Å². The van der Waals surface area contributed by atoms with E-state index >= 15 is 0 Å². The molecular formula is C8H17NO. The first-order valence-electron chi connectivity index (χ1n) is 3.95. The fourth-order valence-corrected chi connectivity index (χ4v) is 1.49. The van der Waals surface area contributed by atoms with Crippen LogP contribution in [0, 0.1) is 0 Å². The molecular weight excluding hydrogens is 126 g/mol. The van der Waals surface area contributed by atoms with Gasteiger partial charge in [0.05, 0.1) is 0 Å². The molecule has 1 saturated heterocycles. The maximum absolute atomic E-state index is 5.42. The van der Waals surface area contributed by atoms with Crippen molar-refractivity contribution in [1.82, 2.24) is 4.90 Å². The van der Waals surface area contributed by atoms with E-state index in [0.717, 1.165) is 0 Å². The molecule has 0 aromatic carbocycles. The summed E-state index contributed by atoms with van der Waals surface area (Å²) in [4.78, 5) is 2.29. The van der Waals surface area contributed by atoms with Gasteiger partial charge in [0.15, 0.2) is 0 Å². The zero-order valence-electron chi connectivity index (χ0n) is 7.18. The summed E-state index contributed by atoms with van der Waals surface area (Å²) < 4.78 is 5.42. The highest BCUT2D eigenvalue weighted by molar-refractivity contribution is 4.78. The van der Waals surface area contributed by atoms with Gasteiger partial charge in [-0.05, 0) is 33.2 Å². The molecule has 1 atom stereocenters. The van der Waals surface area contributed by atoms with E-state index in [1.807, 2.05) is 0 Å². The third-order valence-corrected chi connectivity index (χ3v) is 2.63. The molecule has 1 aliphatic heterocycles. The number of methoxy groups -OCH3 is 1. The summed E-state index contributed by atoms with van der Waals surface area (Å²) in [6.07, 6.45) is 3.78. The normalized spacial score (nSPS) is 36.3. The predicted octanol–water partition coefficient (Wildman–Crippen LogP) is 1.46. The predicted molar refractivity (Wildman–Crippen MR) is 41.9 cm³/mol. The van der Waals surface area contributed by atoms with E-state index in [2.05, 4.69) is 18.9 Å². The zero-order valence-corrected chi connectivity index (χ0v) is 7.18. The lowest BCUT2D eigenvalue weighted by molar-refractivity contribution is -0.131. The van der Waals surface area contributed by atoms with Crippen LogP contribution in [0.1, 0.15) is 26.2 Å². The average molecular weight is 143 g/mol. The molecule has 1 unspecified atom stereocenters. The van der Waals surface area contributed by atoms with Crippen molar-refractivity contribution in [1.29, 1.82) is 0 Å². The van der Waals surface area contributed by atoms with Crippen LogP contribution < -0.4 is 0 Å². The number of hydrogen-bond acceptors (Lipinski definition) is 2. The smallest absolute Gasteiger partial charge is 0.118 e. The fourth-order valence-electron chi connectivity index (χ4n) is 1.49. The molecule has 0 aromatic heterocycles. The molecule has 1 aliphatic rings. The summed E-state index contributed by atoms with van der Waals surface area (Å²) in [5.74, 6) is 0. The lowest BCUT2D eigenvalue weighted by Gasteiger charge is -2.41. The summed E-state index contributed by atoms with van der Waals surface area (Å²) >= 11 is 0. The molecule has 0 aromatic rings. The number of likely N-dealkylation sites (tertiary alicyclic amines) is 1. The number of piperidine rings is 1. The maximum Gasteiger partial charge on any atom is 0.118 e. The van der Waals surface area contributed by atoms with Crippen LogP contribution in [0.15, 0.2) is 0 Å². The monoisotopic (exact) mass is 143 g/mol. The SMILES string of the molecule is COC1(C)CCCCN1C. The second-order valence-corrected chi connectivity index (χ2v) is 3.26. The maximum atomic E-state index is 5.42. The quantitative estimate of drug-likeness (QED) is 0.551. The van der Waals surface area contributed by atoms with E-state index < -0.39 is 0 Å². The summed E-state index contributed by atoms with van der Waals surface area (Å²) in [5.41, 5.74) is 0.0122. The van der Waals surface area contributed by atoms with Gasteiger partial charge in [0.1, 0.15) is 5.72 Å². The molecule has 0 bridgehead atoms. The van der Waals surface area contributed by atoms with Crippen LogP contribution in [0.4, 0.5) is 0 Å². The minimum Gasteiger partial charge on any atom is -0.364 e. The number of nitrogens with zero attached hydrogens (tertiary/aromatic N) is 1. The second-order valence-electron chi connectivity index (χ2n) is 3.26. The van der Waals surface area contributed by atoms with Crippen LogP contribution in [-0.2, 0) is 4.74 Å². The van der Waals surface area contributed by atoms with Gasteiger partial charge in [-0.15, -0.1) is 0 Å². The van der Waals surface area contributed by atoms with Crippen LogP contribution in [-0.4, -0.2) is 31.3 Å². The standard InChI is InChI=1S/C8H17NO/c1-8(10-3)6-4-5-7-9(8)2/h4-7H2,1-3H3. The fraction of sp³-hybridized carbons (Fsp3) is 1.00. The Hall–Kier alpha value is -0.0800. The first kappa shape index (κ1) is 8.02. The van der Waals surface area contributed by atoms with Gasteiger partial charge in [0.25, 0.3) is 0 Å². The van der Waals surface area contributed by atoms with E-state index in [1.54, 1.807) is 7.11 Å². The first-order valence-corrected chi connectivity index (χ1v) is 3.95. The highest BCUT2D eigenvalue weighted by Gasteiger charge is 2.30. The van der Waals surface area contributed by atoms with Gasteiger partial charge in [-0.3, -0.25) is 4.90 Å². The van der Waals surface area contributed by atoms with Gasteiger partial charge in [-0.2, -0.15) is 0 Å². The second kappa shape index (κ2) is 2.89. The Morgan fingerprint density at radius 3 is 2.50 bits per heavy atom. The third-order valence-electron chi connectivity index (χ3n) is 2.63. The van der Waals surface area contributed by atoms with Crippen LogP contribution in [0.5, 0.6) is 0 Å². The van der Waals surface area contributed by atoms with E-state index in [4.69, 9.17) is 4.74 Å². The minimum absolute atomic E-state index is 0.0122. The molecule has 2 nitrogen and oxygen atoms in total. The third kappa shape index (κ3) is 1.32. The molecule has 1 rings (SSSR count). The Balaban J connectivity index is 2.54. The zero-order chi connectivity index (χ0) is 7.61. The first-order chi connectivity index (χ1) is 4.69. The van der Waals surface area contributed by atoms with Crippen LogP contribution in [0.3, 0.4) is 0 Å². The number of rotatable bonds is 1. The molecule has 2 heteroatoms. The molecule has 0 radical (unpaired) electrons. The van der Waals surface area contributed by atoms with E-state index in [1.165, 1.54) is 25.8 Å². The summed E-state index contributed by atoms with van der Waals surface area (Å²) in [6, 6.07) is 0. The van der Waals surface area contributed by atoms with Gasteiger partial charge < -0.3 is 4.74 Å². The molecule has 0 saturated carbocycles. The van der Waals surface area contributed by atoms with Gasteiger partial charge in [0, 0.05) is 13.7 Å². The van der Waals surface area contributed by atoms with E-state index in [0.29, 0.717) is 0 Å². The Morgan fingerprint density at radius 1 is 1.40 bits per heavy atom. The molecule has 0 N–H and O–H groups in total. The number of hydrogen-bond donors (Lipinski definition) is 0. The van der Waals surface area contributed by atoms with Gasteiger partial charge in [-0.1, -0.05) is 0 Å². The molecule has 10 heavy (non-hydrogen) atoms. The Labute approximate surface area is 63.2 Å². The average Bonchev–Trinajstić information content (AvgIpc) is 1.96. The van der Waals surface area contributed by atoms with Crippen molar-refractivity contribution < 1.29 is 4.74 Å². The van der Waals surface area contributed by atoms with Crippen LogP contribution >= 0.6 is 0 Å². The molecule has 0 spiro atoms. The summed E-state index contributed by atoms with van der Waals surface area (Å²) in [7, 11) is 3.92. The molecule has 0 amide bonds. The lowest BCUT2D eigenvalue weighted by Crippen LogP contribution is -2.48. The van der Waals surface area contributed by atoms with Crippen molar-refractivity contribution in [2.45, 2.75) is 31.9 Å². The van der Waals surface area contributed by atoms with Crippen LogP contribution in [0.2, 0.25) is 0 Å². The highest BCUT2D eigenvalue weighted by Crippen LogP contribution is 2.26. The van der Waals surface area contributed by atoms with E-state index in [9.17, 15) is 0 Å².